The third-order valence-electron chi connectivity index (χ3n) is 6.05. The van der Waals surface area contributed by atoms with Crippen molar-refractivity contribution in [1.82, 2.24) is 9.13 Å². The van der Waals surface area contributed by atoms with Crippen molar-refractivity contribution >= 4 is 21.6 Å². The van der Waals surface area contributed by atoms with E-state index in [0.29, 0.717) is 29.1 Å². The Hall–Kier alpha value is -3.32. The first-order valence-electron chi connectivity index (χ1n) is 10.7. The molecule has 0 atom stereocenters. The molecule has 164 valence electrons. The Bertz CT molecular complexity index is 1420. The number of thiophene rings is 1. The molecule has 1 aliphatic carbocycles. The van der Waals surface area contributed by atoms with Crippen molar-refractivity contribution in [3.05, 3.63) is 85.4 Å². The molecular formula is C25H24N2O4S. The van der Waals surface area contributed by atoms with E-state index in [1.54, 1.807) is 41.2 Å². The van der Waals surface area contributed by atoms with Crippen LogP contribution < -0.4 is 20.7 Å². The first-order valence-corrected chi connectivity index (χ1v) is 11.5. The maximum atomic E-state index is 13.8. The number of fused-ring (bicyclic) bond motifs is 3. The lowest BCUT2D eigenvalue weighted by molar-refractivity contribution is 0.392. The molecule has 6 nitrogen and oxygen atoms in total. The fourth-order valence-corrected chi connectivity index (χ4v) is 5.83. The summed E-state index contributed by atoms with van der Waals surface area (Å²) in [5, 5.41) is 0.665. The molecule has 0 bridgehead atoms. The lowest BCUT2D eigenvalue weighted by Crippen LogP contribution is -2.39. The van der Waals surface area contributed by atoms with Gasteiger partial charge in [-0.25, -0.2) is 9.36 Å². The summed E-state index contributed by atoms with van der Waals surface area (Å²) in [5.74, 6) is 1.01. The third kappa shape index (κ3) is 3.33. The summed E-state index contributed by atoms with van der Waals surface area (Å²) in [6.07, 6.45) is 4.00. The third-order valence-corrected chi connectivity index (χ3v) is 7.36. The molecular weight excluding hydrogens is 424 g/mol. The molecule has 4 aromatic rings. The number of aryl methyl sites for hydroxylation is 2. The molecule has 0 N–H and O–H groups in total. The molecule has 2 aromatic carbocycles. The minimum atomic E-state index is -0.367. The second kappa shape index (κ2) is 8.31. The molecule has 0 spiro atoms. The van der Waals surface area contributed by atoms with Gasteiger partial charge in [0, 0.05) is 10.9 Å². The number of nitrogens with zero attached hydrogens (tertiary/aromatic N) is 2. The summed E-state index contributed by atoms with van der Waals surface area (Å²) in [4.78, 5) is 29.6. The molecule has 5 rings (SSSR count). The normalized spacial score (nSPS) is 13.2. The Morgan fingerprint density at radius 3 is 2.50 bits per heavy atom. The summed E-state index contributed by atoms with van der Waals surface area (Å²) >= 11 is 1.59. The van der Waals surface area contributed by atoms with Crippen LogP contribution in [0, 0.1) is 0 Å². The van der Waals surface area contributed by atoms with Gasteiger partial charge in [0.25, 0.3) is 5.56 Å². The van der Waals surface area contributed by atoms with Crippen molar-refractivity contribution < 1.29 is 9.47 Å². The van der Waals surface area contributed by atoms with Crippen LogP contribution in [0.5, 0.6) is 11.5 Å². The van der Waals surface area contributed by atoms with Crippen molar-refractivity contribution in [1.29, 1.82) is 0 Å². The van der Waals surface area contributed by atoms with Crippen molar-refractivity contribution in [2.75, 3.05) is 14.2 Å². The lowest BCUT2D eigenvalue weighted by atomic mass is 9.97. The lowest BCUT2D eigenvalue weighted by Gasteiger charge is -2.16. The van der Waals surface area contributed by atoms with Gasteiger partial charge in [-0.1, -0.05) is 30.3 Å². The van der Waals surface area contributed by atoms with Gasteiger partial charge in [-0.3, -0.25) is 9.36 Å². The van der Waals surface area contributed by atoms with Gasteiger partial charge in [-0.15, -0.1) is 11.3 Å². The largest absolute Gasteiger partial charge is 0.497 e. The first-order chi connectivity index (χ1) is 15.6. The van der Waals surface area contributed by atoms with Crippen molar-refractivity contribution in [3.8, 4) is 17.2 Å². The standard InChI is InChI=1S/C25H24N2O4S/c1-30-17-12-13-19(20(14-17)31-2)27-23(28)22-18-10-6-7-11-21(18)32-24(22)26(25(27)29)15-16-8-4-3-5-9-16/h3-5,8-9,12-14H,6-7,10-11,15H2,1-2H3. The minimum Gasteiger partial charge on any atom is -0.497 e. The number of benzene rings is 2. The van der Waals surface area contributed by atoms with E-state index in [0.717, 1.165) is 41.6 Å². The summed E-state index contributed by atoms with van der Waals surface area (Å²) in [5.41, 5.74) is 1.88. The van der Waals surface area contributed by atoms with E-state index in [1.165, 1.54) is 16.6 Å². The van der Waals surface area contributed by atoms with Crippen LogP contribution in [0.3, 0.4) is 0 Å². The van der Waals surface area contributed by atoms with E-state index in [2.05, 4.69) is 0 Å². The van der Waals surface area contributed by atoms with Crippen LogP contribution in [0.25, 0.3) is 15.9 Å². The predicted molar refractivity (Wildman–Crippen MR) is 127 cm³/mol. The molecule has 7 heteroatoms. The highest BCUT2D eigenvalue weighted by Crippen LogP contribution is 2.35. The Morgan fingerprint density at radius 1 is 0.969 bits per heavy atom. The number of hydrogen-bond donors (Lipinski definition) is 0. The molecule has 0 unspecified atom stereocenters. The van der Waals surface area contributed by atoms with Gasteiger partial charge in [0.2, 0.25) is 0 Å². The van der Waals surface area contributed by atoms with Gasteiger partial charge in [-0.2, -0.15) is 0 Å². The second-order valence-electron chi connectivity index (χ2n) is 7.92. The molecule has 0 amide bonds. The summed E-state index contributed by atoms with van der Waals surface area (Å²) < 4.78 is 13.8. The van der Waals surface area contributed by atoms with E-state index in [9.17, 15) is 9.59 Å². The van der Waals surface area contributed by atoms with Crippen LogP contribution in [0.1, 0.15) is 28.8 Å². The highest BCUT2D eigenvalue weighted by atomic mass is 32.1. The molecule has 0 fully saturated rings. The summed E-state index contributed by atoms with van der Waals surface area (Å²) in [6.45, 7) is 0.397. The van der Waals surface area contributed by atoms with E-state index >= 15 is 0 Å². The van der Waals surface area contributed by atoms with E-state index in [-0.39, 0.29) is 11.2 Å². The molecule has 0 saturated heterocycles. The predicted octanol–water partition coefficient (Wildman–Crippen LogP) is 4.16. The minimum absolute atomic E-state index is 0.280. The Balaban J connectivity index is 1.84. The zero-order chi connectivity index (χ0) is 22.2. The molecule has 2 heterocycles. The van der Waals surface area contributed by atoms with Crippen molar-refractivity contribution in [2.45, 2.75) is 32.2 Å². The number of methoxy groups -OCH3 is 2. The SMILES string of the molecule is COc1ccc(-n2c(=O)c3c4c(sc3n(Cc3ccccc3)c2=O)CCCC4)c(OC)c1. The van der Waals surface area contributed by atoms with Gasteiger partial charge in [0.15, 0.2) is 0 Å². The van der Waals surface area contributed by atoms with Crippen LogP contribution in [-0.2, 0) is 19.4 Å². The van der Waals surface area contributed by atoms with Crippen LogP contribution >= 0.6 is 11.3 Å². The summed E-state index contributed by atoms with van der Waals surface area (Å²) in [6, 6.07) is 15.0. The number of ether oxygens (including phenoxy) is 2. The molecule has 2 aromatic heterocycles. The second-order valence-corrected chi connectivity index (χ2v) is 9.01. The fraction of sp³-hybridized carbons (Fsp3) is 0.280. The molecule has 32 heavy (non-hydrogen) atoms. The monoisotopic (exact) mass is 448 g/mol. The van der Waals surface area contributed by atoms with Crippen LogP contribution in [-0.4, -0.2) is 23.4 Å². The van der Waals surface area contributed by atoms with E-state index < -0.39 is 0 Å². The van der Waals surface area contributed by atoms with Gasteiger partial charge < -0.3 is 9.47 Å². The van der Waals surface area contributed by atoms with E-state index in [1.807, 2.05) is 30.3 Å². The zero-order valence-corrected chi connectivity index (χ0v) is 18.9. The topological polar surface area (TPSA) is 62.5 Å². The smallest absolute Gasteiger partial charge is 0.337 e. The fourth-order valence-electron chi connectivity index (χ4n) is 4.46. The molecule has 0 saturated carbocycles. The first kappa shape index (κ1) is 20.6. The van der Waals surface area contributed by atoms with Gasteiger partial charge >= 0.3 is 5.69 Å². The van der Waals surface area contributed by atoms with Crippen LogP contribution in [0.15, 0.2) is 58.1 Å². The van der Waals surface area contributed by atoms with Crippen LogP contribution in [0.4, 0.5) is 0 Å². The van der Waals surface area contributed by atoms with Gasteiger partial charge in [-0.05, 0) is 48.9 Å². The Kier molecular flexibility index (Phi) is 5.35. The van der Waals surface area contributed by atoms with Crippen molar-refractivity contribution in [2.24, 2.45) is 0 Å². The number of aromatic nitrogens is 2. The van der Waals surface area contributed by atoms with Gasteiger partial charge in [0.1, 0.15) is 16.3 Å². The van der Waals surface area contributed by atoms with E-state index in [4.69, 9.17) is 9.47 Å². The van der Waals surface area contributed by atoms with Gasteiger partial charge in [0.05, 0.1) is 31.8 Å². The maximum Gasteiger partial charge on any atom is 0.337 e. The molecule has 1 aliphatic rings. The Labute approximate surface area is 189 Å². The maximum absolute atomic E-state index is 13.8. The summed E-state index contributed by atoms with van der Waals surface area (Å²) in [7, 11) is 3.09. The quantitative estimate of drug-likeness (QED) is 0.460. The average molecular weight is 449 g/mol. The number of hydrogen-bond acceptors (Lipinski definition) is 5. The highest BCUT2D eigenvalue weighted by molar-refractivity contribution is 7.18. The highest BCUT2D eigenvalue weighted by Gasteiger charge is 2.25. The Morgan fingerprint density at radius 2 is 1.75 bits per heavy atom. The van der Waals surface area contributed by atoms with Crippen molar-refractivity contribution in [3.63, 3.8) is 0 Å². The average Bonchev–Trinajstić information content (AvgIpc) is 3.22. The number of rotatable bonds is 5. The zero-order valence-electron chi connectivity index (χ0n) is 18.1. The molecule has 0 aliphatic heterocycles. The van der Waals surface area contributed by atoms with Crippen LogP contribution in [0.2, 0.25) is 0 Å². The molecule has 0 radical (unpaired) electrons.